The van der Waals surface area contributed by atoms with Gasteiger partial charge in [-0.3, -0.25) is 4.79 Å². The van der Waals surface area contributed by atoms with Gasteiger partial charge < -0.3 is 5.11 Å². The summed E-state index contributed by atoms with van der Waals surface area (Å²) in [6.07, 6.45) is 3.99. The molecular formula is C10H15NO2. The maximum absolute atomic E-state index is 10.9. The van der Waals surface area contributed by atoms with Crippen molar-refractivity contribution in [1.82, 2.24) is 0 Å². The maximum atomic E-state index is 10.9. The second-order valence-electron chi connectivity index (χ2n) is 3.87. The van der Waals surface area contributed by atoms with Crippen molar-refractivity contribution in [2.24, 2.45) is 11.3 Å². The molecule has 1 fully saturated rings. The Labute approximate surface area is 78.4 Å². The maximum Gasteiger partial charge on any atom is 0.324 e. The van der Waals surface area contributed by atoms with Crippen molar-refractivity contribution in [2.75, 3.05) is 0 Å². The van der Waals surface area contributed by atoms with Crippen LogP contribution in [0.5, 0.6) is 0 Å². The van der Waals surface area contributed by atoms with Crippen molar-refractivity contribution in [1.29, 1.82) is 5.26 Å². The van der Waals surface area contributed by atoms with E-state index in [2.05, 4.69) is 6.92 Å². The summed E-state index contributed by atoms with van der Waals surface area (Å²) in [6, 6.07) is 1.98. The molecular weight excluding hydrogens is 166 g/mol. The molecule has 3 nitrogen and oxygen atoms in total. The minimum atomic E-state index is -1.08. The van der Waals surface area contributed by atoms with E-state index in [-0.39, 0.29) is 0 Å². The lowest BCUT2D eigenvalue weighted by molar-refractivity contribution is -0.148. The molecule has 0 radical (unpaired) electrons. The third-order valence-corrected chi connectivity index (χ3v) is 3.05. The van der Waals surface area contributed by atoms with Crippen molar-refractivity contribution in [3.8, 4) is 6.07 Å². The van der Waals surface area contributed by atoms with E-state index >= 15 is 0 Å². The number of carbonyl (C=O) groups is 1. The first kappa shape index (κ1) is 10.0. The molecule has 1 aliphatic rings. The predicted octanol–water partition coefficient (Wildman–Crippen LogP) is 2.18. The van der Waals surface area contributed by atoms with Gasteiger partial charge in [-0.1, -0.05) is 26.2 Å². The van der Waals surface area contributed by atoms with Gasteiger partial charge in [0.1, 0.15) is 0 Å². The smallest absolute Gasteiger partial charge is 0.324 e. The molecule has 1 aliphatic carbocycles. The van der Waals surface area contributed by atoms with E-state index in [0.29, 0.717) is 18.8 Å². The molecule has 0 aliphatic heterocycles. The van der Waals surface area contributed by atoms with Crippen LogP contribution in [0.4, 0.5) is 0 Å². The zero-order chi connectivity index (χ0) is 9.90. The third-order valence-electron chi connectivity index (χ3n) is 3.05. The van der Waals surface area contributed by atoms with Gasteiger partial charge in [0.15, 0.2) is 5.41 Å². The molecule has 1 rings (SSSR count). The lowest BCUT2D eigenvalue weighted by atomic mass is 9.70. The van der Waals surface area contributed by atoms with E-state index < -0.39 is 11.4 Å². The van der Waals surface area contributed by atoms with Gasteiger partial charge in [-0.25, -0.2) is 0 Å². The second-order valence-corrected chi connectivity index (χ2v) is 3.87. The Bertz CT molecular complexity index is 244. The Balaban J connectivity index is 2.77. The van der Waals surface area contributed by atoms with Gasteiger partial charge in [-0.05, 0) is 18.8 Å². The van der Waals surface area contributed by atoms with Crippen LogP contribution < -0.4 is 0 Å². The average Bonchev–Trinajstić information content (AvgIpc) is 2.17. The molecule has 2 unspecified atom stereocenters. The monoisotopic (exact) mass is 181 g/mol. The molecule has 0 spiro atoms. The molecule has 2 atom stereocenters. The number of carboxylic acids is 1. The summed E-state index contributed by atoms with van der Waals surface area (Å²) in [6.45, 7) is 2.06. The molecule has 0 aromatic heterocycles. The Kier molecular flexibility index (Phi) is 2.92. The zero-order valence-corrected chi connectivity index (χ0v) is 7.92. The Morgan fingerprint density at radius 1 is 1.77 bits per heavy atom. The Hall–Kier alpha value is -1.04. The van der Waals surface area contributed by atoms with Gasteiger partial charge in [0.05, 0.1) is 6.07 Å². The number of hydrogen-bond donors (Lipinski definition) is 1. The van der Waals surface area contributed by atoms with E-state index in [1.54, 1.807) is 0 Å². The molecule has 0 aromatic carbocycles. The summed E-state index contributed by atoms with van der Waals surface area (Å²) in [5.74, 6) is -0.516. The van der Waals surface area contributed by atoms with Crippen LogP contribution in [0, 0.1) is 22.7 Å². The van der Waals surface area contributed by atoms with Crippen molar-refractivity contribution in [2.45, 2.75) is 39.0 Å². The van der Waals surface area contributed by atoms with Crippen molar-refractivity contribution < 1.29 is 9.90 Å². The fourth-order valence-corrected chi connectivity index (χ4v) is 2.08. The molecule has 13 heavy (non-hydrogen) atoms. The van der Waals surface area contributed by atoms with Gasteiger partial charge in [0, 0.05) is 0 Å². The van der Waals surface area contributed by atoms with Crippen LogP contribution in [0.25, 0.3) is 0 Å². The fourth-order valence-electron chi connectivity index (χ4n) is 2.08. The quantitative estimate of drug-likeness (QED) is 0.710. The predicted molar refractivity (Wildman–Crippen MR) is 47.9 cm³/mol. The van der Waals surface area contributed by atoms with Gasteiger partial charge in [-0.15, -0.1) is 0 Å². The Morgan fingerprint density at radius 3 is 2.92 bits per heavy atom. The second kappa shape index (κ2) is 3.78. The average molecular weight is 181 g/mol. The summed E-state index contributed by atoms with van der Waals surface area (Å²) < 4.78 is 0. The van der Waals surface area contributed by atoms with Gasteiger partial charge in [0.25, 0.3) is 0 Å². The first-order valence-electron chi connectivity index (χ1n) is 4.79. The number of nitrogens with zero attached hydrogens (tertiary/aromatic N) is 1. The minimum Gasteiger partial charge on any atom is -0.480 e. The lowest BCUT2D eigenvalue weighted by Gasteiger charge is -2.31. The highest BCUT2D eigenvalue weighted by Gasteiger charge is 2.42. The number of aliphatic carboxylic acids is 1. The van der Waals surface area contributed by atoms with Crippen LogP contribution in [0.15, 0.2) is 0 Å². The highest BCUT2D eigenvalue weighted by molar-refractivity contribution is 5.78. The lowest BCUT2D eigenvalue weighted by Crippen LogP contribution is -2.34. The van der Waals surface area contributed by atoms with Crippen LogP contribution >= 0.6 is 0 Å². The van der Waals surface area contributed by atoms with E-state index in [1.165, 1.54) is 0 Å². The van der Waals surface area contributed by atoms with Crippen LogP contribution in [0.2, 0.25) is 0 Å². The van der Waals surface area contributed by atoms with Crippen molar-refractivity contribution >= 4 is 5.97 Å². The summed E-state index contributed by atoms with van der Waals surface area (Å²) in [7, 11) is 0. The van der Waals surface area contributed by atoms with Gasteiger partial charge in [0.2, 0.25) is 0 Å². The summed E-state index contributed by atoms with van der Waals surface area (Å²) in [5.41, 5.74) is -1.08. The molecule has 0 amide bonds. The van der Waals surface area contributed by atoms with E-state index in [9.17, 15) is 4.79 Å². The topological polar surface area (TPSA) is 61.1 Å². The molecule has 0 heterocycles. The fraction of sp³-hybridized carbons (Fsp3) is 0.800. The molecule has 3 heteroatoms. The Morgan fingerprint density at radius 2 is 2.46 bits per heavy atom. The first-order valence-corrected chi connectivity index (χ1v) is 4.79. The largest absolute Gasteiger partial charge is 0.480 e. The van der Waals surface area contributed by atoms with Gasteiger partial charge >= 0.3 is 5.97 Å². The standard InChI is InChI=1S/C10H15NO2/c1-2-8-4-3-5-10(6-8,7-11)9(12)13/h8H,2-6H2,1H3,(H,12,13). The van der Waals surface area contributed by atoms with E-state index in [1.807, 2.05) is 6.07 Å². The number of carboxylic acid groups (broad SMARTS) is 1. The van der Waals surface area contributed by atoms with Crippen LogP contribution in [-0.2, 0) is 4.79 Å². The molecule has 0 bridgehead atoms. The van der Waals surface area contributed by atoms with Crippen LogP contribution in [-0.4, -0.2) is 11.1 Å². The van der Waals surface area contributed by atoms with E-state index in [0.717, 1.165) is 19.3 Å². The van der Waals surface area contributed by atoms with Crippen LogP contribution in [0.1, 0.15) is 39.0 Å². The molecule has 0 aromatic rings. The summed E-state index contributed by atoms with van der Waals surface area (Å²) in [5, 5.41) is 17.9. The highest BCUT2D eigenvalue weighted by atomic mass is 16.4. The highest BCUT2D eigenvalue weighted by Crippen LogP contribution is 2.40. The van der Waals surface area contributed by atoms with E-state index in [4.69, 9.17) is 10.4 Å². The number of rotatable bonds is 2. The van der Waals surface area contributed by atoms with Crippen molar-refractivity contribution in [3.05, 3.63) is 0 Å². The number of hydrogen-bond acceptors (Lipinski definition) is 2. The summed E-state index contributed by atoms with van der Waals surface area (Å²) in [4.78, 5) is 10.9. The van der Waals surface area contributed by atoms with Gasteiger partial charge in [-0.2, -0.15) is 5.26 Å². The SMILES string of the molecule is CCC1CCCC(C#N)(C(=O)O)C1. The molecule has 1 saturated carbocycles. The van der Waals surface area contributed by atoms with Crippen LogP contribution in [0.3, 0.4) is 0 Å². The molecule has 0 saturated heterocycles. The normalized spacial score (nSPS) is 33.7. The molecule has 1 N–H and O–H groups in total. The number of nitriles is 1. The van der Waals surface area contributed by atoms with Crippen molar-refractivity contribution in [3.63, 3.8) is 0 Å². The zero-order valence-electron chi connectivity index (χ0n) is 7.92. The third kappa shape index (κ3) is 1.82. The first-order chi connectivity index (χ1) is 6.14. The molecule has 72 valence electrons. The minimum absolute atomic E-state index is 0.421. The summed E-state index contributed by atoms with van der Waals surface area (Å²) >= 11 is 0.